The number of carbonyl (C=O) groups excluding carboxylic acids is 1. The lowest BCUT2D eigenvalue weighted by Crippen LogP contribution is -2.26. The van der Waals surface area contributed by atoms with Crippen molar-refractivity contribution in [2.24, 2.45) is 0 Å². The number of hydrogen-bond donors (Lipinski definition) is 0. The molecule has 0 amide bonds. The summed E-state index contributed by atoms with van der Waals surface area (Å²) >= 11 is 0. The van der Waals surface area contributed by atoms with Gasteiger partial charge in [0.2, 0.25) is 0 Å². The SMILES string of the molecule is CCCN(C)CC(=O)CC#N. The standard InChI is InChI=1S/C8H14N2O/c1-3-6-10(2)7-8(11)4-5-9/h3-4,6-7H2,1-2H3. The molecule has 0 spiro atoms. The van der Waals surface area contributed by atoms with E-state index in [9.17, 15) is 4.79 Å². The Morgan fingerprint density at radius 3 is 2.73 bits per heavy atom. The average molecular weight is 154 g/mol. The number of carbonyl (C=O) groups is 1. The minimum absolute atomic E-state index is 0.00319. The Morgan fingerprint density at radius 2 is 2.27 bits per heavy atom. The molecule has 0 aliphatic heterocycles. The predicted octanol–water partition coefficient (Wildman–Crippen LogP) is 0.811. The van der Waals surface area contributed by atoms with Gasteiger partial charge in [-0.25, -0.2) is 0 Å². The molecule has 0 fully saturated rings. The molecule has 0 N–H and O–H groups in total. The molecule has 0 rings (SSSR count). The summed E-state index contributed by atoms with van der Waals surface area (Å²) in [6, 6.07) is 1.84. The van der Waals surface area contributed by atoms with Gasteiger partial charge in [-0.1, -0.05) is 6.92 Å². The topological polar surface area (TPSA) is 44.1 Å². The second-order valence-electron chi connectivity index (χ2n) is 2.61. The highest BCUT2D eigenvalue weighted by Crippen LogP contribution is 1.88. The van der Waals surface area contributed by atoms with E-state index in [0.717, 1.165) is 13.0 Å². The second kappa shape index (κ2) is 5.87. The Morgan fingerprint density at radius 1 is 1.64 bits per heavy atom. The molecule has 0 bridgehead atoms. The molecule has 0 saturated carbocycles. The van der Waals surface area contributed by atoms with Crippen LogP contribution in [0.5, 0.6) is 0 Å². The summed E-state index contributed by atoms with van der Waals surface area (Å²) in [5.41, 5.74) is 0. The highest BCUT2D eigenvalue weighted by atomic mass is 16.1. The lowest BCUT2D eigenvalue weighted by Gasteiger charge is -2.12. The third kappa shape index (κ3) is 5.56. The second-order valence-corrected chi connectivity index (χ2v) is 2.61. The Hall–Kier alpha value is -0.880. The first-order valence-electron chi connectivity index (χ1n) is 3.78. The van der Waals surface area contributed by atoms with Gasteiger partial charge in [-0.3, -0.25) is 9.69 Å². The van der Waals surface area contributed by atoms with Crippen LogP contribution in [0.3, 0.4) is 0 Å². The monoisotopic (exact) mass is 154 g/mol. The van der Waals surface area contributed by atoms with Crippen LogP contribution in [0.2, 0.25) is 0 Å². The van der Waals surface area contributed by atoms with Crippen LogP contribution in [0, 0.1) is 11.3 Å². The Kier molecular flexibility index (Phi) is 5.40. The first-order valence-corrected chi connectivity index (χ1v) is 3.78. The summed E-state index contributed by atoms with van der Waals surface area (Å²) in [7, 11) is 1.89. The first-order chi connectivity index (χ1) is 5.20. The summed E-state index contributed by atoms with van der Waals surface area (Å²) in [5.74, 6) is 0.00319. The van der Waals surface area contributed by atoms with Gasteiger partial charge in [0.15, 0.2) is 5.78 Å². The van der Waals surface area contributed by atoms with Crippen molar-refractivity contribution < 1.29 is 4.79 Å². The number of hydrogen-bond acceptors (Lipinski definition) is 3. The molecule has 0 heterocycles. The quantitative estimate of drug-likeness (QED) is 0.588. The van der Waals surface area contributed by atoms with Crippen molar-refractivity contribution in [1.29, 1.82) is 5.26 Å². The highest BCUT2D eigenvalue weighted by molar-refractivity contribution is 5.82. The summed E-state index contributed by atoms with van der Waals surface area (Å²) in [6.45, 7) is 3.38. The van der Waals surface area contributed by atoms with Crippen molar-refractivity contribution in [3.05, 3.63) is 0 Å². The van der Waals surface area contributed by atoms with E-state index in [-0.39, 0.29) is 12.2 Å². The third-order valence-corrected chi connectivity index (χ3v) is 1.33. The van der Waals surface area contributed by atoms with Crippen LogP contribution in [0.15, 0.2) is 0 Å². The Labute approximate surface area is 67.6 Å². The van der Waals surface area contributed by atoms with Crippen molar-refractivity contribution in [2.75, 3.05) is 20.1 Å². The van der Waals surface area contributed by atoms with Crippen LogP contribution in [-0.2, 0) is 4.79 Å². The number of nitriles is 1. The molecule has 0 aromatic heterocycles. The van der Waals surface area contributed by atoms with E-state index in [2.05, 4.69) is 6.92 Å². The maximum Gasteiger partial charge on any atom is 0.160 e. The molecule has 3 heteroatoms. The molecule has 0 aliphatic rings. The zero-order valence-corrected chi connectivity index (χ0v) is 7.13. The van der Waals surface area contributed by atoms with E-state index in [4.69, 9.17) is 5.26 Å². The van der Waals surface area contributed by atoms with E-state index in [1.54, 1.807) is 0 Å². The lowest BCUT2D eigenvalue weighted by molar-refractivity contribution is -0.118. The van der Waals surface area contributed by atoms with Gasteiger partial charge in [-0.2, -0.15) is 5.26 Å². The molecular weight excluding hydrogens is 140 g/mol. The summed E-state index contributed by atoms with van der Waals surface area (Å²) in [4.78, 5) is 12.8. The molecule has 0 aromatic rings. The van der Waals surface area contributed by atoms with Gasteiger partial charge in [-0.05, 0) is 20.0 Å². The zero-order valence-electron chi connectivity index (χ0n) is 7.13. The van der Waals surface area contributed by atoms with Crippen LogP contribution in [0.25, 0.3) is 0 Å². The smallest absolute Gasteiger partial charge is 0.160 e. The van der Waals surface area contributed by atoms with Gasteiger partial charge in [0.05, 0.1) is 19.0 Å². The highest BCUT2D eigenvalue weighted by Gasteiger charge is 2.03. The van der Waals surface area contributed by atoms with E-state index < -0.39 is 0 Å². The molecule has 0 unspecified atom stereocenters. The fraction of sp³-hybridized carbons (Fsp3) is 0.750. The minimum atomic E-state index is 0.00319. The molecular formula is C8H14N2O. The molecule has 0 aromatic carbocycles. The zero-order chi connectivity index (χ0) is 8.69. The molecule has 0 saturated heterocycles. The van der Waals surface area contributed by atoms with Crippen LogP contribution in [-0.4, -0.2) is 30.8 Å². The van der Waals surface area contributed by atoms with Gasteiger partial charge in [0.25, 0.3) is 0 Å². The molecule has 62 valence electrons. The molecule has 3 nitrogen and oxygen atoms in total. The van der Waals surface area contributed by atoms with Crippen molar-refractivity contribution in [2.45, 2.75) is 19.8 Å². The van der Waals surface area contributed by atoms with Crippen molar-refractivity contribution >= 4 is 5.78 Å². The number of Topliss-reactive ketones (excluding diaryl/α,β-unsaturated/α-hetero) is 1. The molecule has 0 atom stereocenters. The van der Waals surface area contributed by atoms with Crippen LogP contribution < -0.4 is 0 Å². The van der Waals surface area contributed by atoms with Crippen LogP contribution >= 0.6 is 0 Å². The summed E-state index contributed by atoms with van der Waals surface area (Å²) in [6.07, 6.45) is 1.07. The summed E-state index contributed by atoms with van der Waals surface area (Å²) in [5, 5.41) is 8.19. The summed E-state index contributed by atoms with van der Waals surface area (Å²) < 4.78 is 0. The van der Waals surface area contributed by atoms with Gasteiger partial charge in [0, 0.05) is 0 Å². The maximum atomic E-state index is 10.9. The molecule has 0 radical (unpaired) electrons. The fourth-order valence-electron chi connectivity index (χ4n) is 0.906. The van der Waals surface area contributed by atoms with E-state index >= 15 is 0 Å². The van der Waals surface area contributed by atoms with Gasteiger partial charge >= 0.3 is 0 Å². The predicted molar refractivity (Wildman–Crippen MR) is 43.0 cm³/mol. The van der Waals surface area contributed by atoms with E-state index in [1.807, 2.05) is 18.0 Å². The van der Waals surface area contributed by atoms with Gasteiger partial charge in [-0.15, -0.1) is 0 Å². The molecule has 0 aliphatic carbocycles. The van der Waals surface area contributed by atoms with E-state index in [1.165, 1.54) is 0 Å². The van der Waals surface area contributed by atoms with Crippen molar-refractivity contribution in [3.8, 4) is 6.07 Å². The largest absolute Gasteiger partial charge is 0.299 e. The normalized spacial score (nSPS) is 9.64. The first kappa shape index (κ1) is 10.1. The Balaban J connectivity index is 3.50. The maximum absolute atomic E-state index is 10.9. The third-order valence-electron chi connectivity index (χ3n) is 1.33. The van der Waals surface area contributed by atoms with Gasteiger partial charge < -0.3 is 0 Å². The van der Waals surface area contributed by atoms with Gasteiger partial charge in [0.1, 0.15) is 0 Å². The molecule has 11 heavy (non-hydrogen) atoms. The fourth-order valence-corrected chi connectivity index (χ4v) is 0.906. The van der Waals surface area contributed by atoms with E-state index in [0.29, 0.717) is 6.54 Å². The number of ketones is 1. The minimum Gasteiger partial charge on any atom is -0.299 e. The number of nitrogens with zero attached hydrogens (tertiary/aromatic N) is 2. The Bertz CT molecular complexity index is 160. The lowest BCUT2D eigenvalue weighted by atomic mass is 10.3. The average Bonchev–Trinajstić information content (AvgIpc) is 1.87. The number of likely N-dealkylation sites (N-methyl/N-ethyl adjacent to an activating group) is 1. The van der Waals surface area contributed by atoms with Crippen molar-refractivity contribution in [1.82, 2.24) is 4.90 Å². The van der Waals surface area contributed by atoms with Crippen molar-refractivity contribution in [3.63, 3.8) is 0 Å². The van der Waals surface area contributed by atoms with Crippen LogP contribution in [0.4, 0.5) is 0 Å². The van der Waals surface area contributed by atoms with Crippen LogP contribution in [0.1, 0.15) is 19.8 Å². The number of rotatable bonds is 5.